The molecule has 0 radical (unpaired) electrons. The number of nitrogens with zero attached hydrogens (tertiary/aromatic N) is 2. The first-order valence-corrected chi connectivity index (χ1v) is 14.2. The molecule has 0 bridgehead atoms. The topological polar surface area (TPSA) is 99.8 Å². The van der Waals surface area contributed by atoms with Crippen LogP contribution in [0.1, 0.15) is 62.9 Å². The molecule has 1 aliphatic rings. The third kappa shape index (κ3) is 6.96. The van der Waals surface area contributed by atoms with Crippen LogP contribution in [0.3, 0.4) is 0 Å². The van der Waals surface area contributed by atoms with Gasteiger partial charge in [0, 0.05) is 12.0 Å². The van der Waals surface area contributed by atoms with E-state index in [2.05, 4.69) is 6.07 Å². The summed E-state index contributed by atoms with van der Waals surface area (Å²) in [4.78, 5) is 26.1. The number of hydrogen-bond acceptors (Lipinski definition) is 7. The zero-order chi connectivity index (χ0) is 31.1. The van der Waals surface area contributed by atoms with E-state index in [9.17, 15) is 23.6 Å². The van der Waals surface area contributed by atoms with Crippen molar-refractivity contribution in [3.05, 3.63) is 106 Å². The Bertz CT molecular complexity index is 1680. The average Bonchev–Trinajstić information content (AvgIpc) is 3.79. The Balaban J connectivity index is 1.70. The number of carbonyl (C=O) groups is 2. The van der Waals surface area contributed by atoms with Gasteiger partial charge in [0.2, 0.25) is 0 Å². The number of hydrogen-bond donors (Lipinski definition) is 0. The van der Waals surface area contributed by atoms with E-state index in [1.165, 1.54) is 6.07 Å². The summed E-state index contributed by atoms with van der Waals surface area (Å²) >= 11 is 0. The summed E-state index contributed by atoms with van der Waals surface area (Å²) in [5.41, 5.74) is 3.27. The number of aromatic nitrogens is 1. The van der Waals surface area contributed by atoms with Crippen LogP contribution in [0.5, 0.6) is 11.5 Å². The fourth-order valence-corrected chi connectivity index (χ4v) is 4.99. The number of nitriles is 1. The van der Waals surface area contributed by atoms with Crippen molar-refractivity contribution >= 4 is 12.3 Å². The van der Waals surface area contributed by atoms with E-state index >= 15 is 0 Å². The lowest BCUT2D eigenvalue weighted by Crippen LogP contribution is -2.12. The third-order valence-corrected chi connectivity index (χ3v) is 7.08. The third-order valence-electron chi connectivity index (χ3n) is 7.08. The van der Waals surface area contributed by atoms with Gasteiger partial charge in [-0.15, -0.1) is 0 Å². The van der Waals surface area contributed by atoms with Gasteiger partial charge in [-0.05, 0) is 60.7 Å². The highest BCUT2D eigenvalue weighted by Gasteiger charge is 2.31. The zero-order valence-electron chi connectivity index (χ0n) is 24.0. The van der Waals surface area contributed by atoms with Crippen LogP contribution < -0.4 is 9.47 Å². The summed E-state index contributed by atoms with van der Waals surface area (Å²) in [6.45, 7) is -1.25. The molecule has 1 saturated carbocycles. The smallest absolute Gasteiger partial charge is 0.387 e. The van der Waals surface area contributed by atoms with Gasteiger partial charge in [-0.1, -0.05) is 48.5 Å². The molecule has 1 aromatic heterocycles. The number of halogens is 2. The average molecular weight is 601 g/mol. The van der Waals surface area contributed by atoms with Gasteiger partial charge in [-0.2, -0.15) is 14.0 Å². The summed E-state index contributed by atoms with van der Waals surface area (Å²) in [7, 11) is 0. The number of esters is 1. The lowest BCUT2D eigenvalue weighted by Gasteiger charge is -2.17. The van der Waals surface area contributed by atoms with Crippen molar-refractivity contribution in [1.29, 1.82) is 5.26 Å². The van der Waals surface area contributed by atoms with Crippen LogP contribution >= 0.6 is 0 Å². The fourth-order valence-electron chi connectivity index (χ4n) is 4.99. The van der Waals surface area contributed by atoms with Gasteiger partial charge in [-0.25, -0.2) is 4.79 Å². The van der Waals surface area contributed by atoms with Gasteiger partial charge in [0.1, 0.15) is 6.73 Å². The zero-order valence-corrected chi connectivity index (χ0v) is 24.0. The first-order chi connectivity index (χ1) is 21.4. The molecule has 44 heavy (non-hydrogen) atoms. The summed E-state index contributed by atoms with van der Waals surface area (Å²) in [5.74, 6) is -0.738. The molecule has 0 aliphatic heterocycles. The quantitative estimate of drug-likeness (QED) is 0.114. The molecule has 3 aromatic carbocycles. The highest BCUT2D eigenvalue weighted by molar-refractivity contribution is 6.02. The van der Waals surface area contributed by atoms with Crippen LogP contribution in [0.15, 0.2) is 72.8 Å². The monoisotopic (exact) mass is 600 g/mol. The minimum atomic E-state index is -3.06. The van der Waals surface area contributed by atoms with E-state index in [1.807, 2.05) is 30.3 Å². The summed E-state index contributed by atoms with van der Waals surface area (Å²) < 4.78 is 50.2. The Morgan fingerprint density at radius 2 is 1.82 bits per heavy atom. The first kappa shape index (κ1) is 30.4. The molecule has 1 fully saturated rings. The predicted molar refractivity (Wildman–Crippen MR) is 157 cm³/mol. The molecular weight excluding hydrogens is 570 g/mol. The molecule has 1 aliphatic carbocycles. The Kier molecular flexibility index (Phi) is 9.67. The Morgan fingerprint density at radius 3 is 2.50 bits per heavy atom. The van der Waals surface area contributed by atoms with E-state index in [4.69, 9.17) is 18.9 Å². The number of rotatable bonds is 14. The van der Waals surface area contributed by atoms with Crippen LogP contribution in [0, 0.1) is 11.3 Å². The molecule has 226 valence electrons. The number of benzene rings is 3. The Labute approximate surface area is 253 Å². The van der Waals surface area contributed by atoms with Crippen LogP contribution in [-0.2, 0) is 29.2 Å². The van der Waals surface area contributed by atoms with Crippen molar-refractivity contribution in [3.63, 3.8) is 0 Å². The maximum absolute atomic E-state index is 13.4. The van der Waals surface area contributed by atoms with Gasteiger partial charge < -0.3 is 23.5 Å². The van der Waals surface area contributed by atoms with Gasteiger partial charge >= 0.3 is 12.6 Å². The van der Waals surface area contributed by atoms with Gasteiger partial charge in [0.25, 0.3) is 0 Å². The minimum Gasteiger partial charge on any atom is -0.487 e. The molecule has 0 atom stereocenters. The van der Waals surface area contributed by atoms with E-state index in [0.29, 0.717) is 34.2 Å². The molecule has 0 unspecified atom stereocenters. The number of aldehydes is 1. The Hall–Kier alpha value is -5.01. The standard InChI is InChI=1S/C34H30F2N2O6/c1-2-42-33(40)31-27(16-23-10-6-7-11-25(23)18-37)32(38(28(31)19-39)21-41-20-22-8-4-3-5-9-22)24-12-15-29(44-34(35)36)30(17-24)43-26-13-14-26/h3-12,15,17,19,26,34H,2,13-14,16,20-21H2,1H3. The molecule has 5 rings (SSSR count). The van der Waals surface area contributed by atoms with Crippen LogP contribution in [0.2, 0.25) is 0 Å². The minimum absolute atomic E-state index is 0.0218. The van der Waals surface area contributed by atoms with Crippen molar-refractivity contribution in [1.82, 2.24) is 4.57 Å². The highest BCUT2D eigenvalue weighted by Crippen LogP contribution is 2.41. The van der Waals surface area contributed by atoms with Crippen LogP contribution in [-0.4, -0.2) is 36.1 Å². The lowest BCUT2D eigenvalue weighted by atomic mass is 9.94. The molecule has 10 heteroatoms. The molecule has 0 amide bonds. The van der Waals surface area contributed by atoms with Gasteiger partial charge in [0.05, 0.1) is 47.9 Å². The normalized spacial score (nSPS) is 12.5. The van der Waals surface area contributed by atoms with E-state index in [-0.39, 0.29) is 55.2 Å². The first-order valence-electron chi connectivity index (χ1n) is 14.2. The second-order valence-corrected chi connectivity index (χ2v) is 10.1. The maximum Gasteiger partial charge on any atom is 0.387 e. The van der Waals surface area contributed by atoms with E-state index < -0.39 is 12.6 Å². The molecule has 1 heterocycles. The van der Waals surface area contributed by atoms with Crippen molar-refractivity contribution < 1.29 is 37.3 Å². The SMILES string of the molecule is CCOC(=O)c1c(Cc2ccccc2C#N)c(-c2ccc(OC(F)F)c(OC3CC3)c2)n(COCc2ccccc2)c1C=O. The van der Waals surface area contributed by atoms with Crippen LogP contribution in [0.25, 0.3) is 11.3 Å². The van der Waals surface area contributed by atoms with Crippen molar-refractivity contribution in [3.8, 4) is 28.8 Å². The fraction of sp³-hybridized carbons (Fsp3) is 0.265. The summed E-state index contributed by atoms with van der Waals surface area (Å²) in [5, 5.41) is 9.79. The largest absolute Gasteiger partial charge is 0.487 e. The molecule has 0 saturated heterocycles. The van der Waals surface area contributed by atoms with Crippen molar-refractivity contribution in [2.24, 2.45) is 0 Å². The van der Waals surface area contributed by atoms with E-state index in [1.54, 1.807) is 47.9 Å². The summed E-state index contributed by atoms with van der Waals surface area (Å²) in [6, 6.07) is 23.0. The summed E-state index contributed by atoms with van der Waals surface area (Å²) in [6.07, 6.45) is 2.08. The molecule has 0 spiro atoms. The number of alkyl halides is 2. The molecular formula is C34H30F2N2O6. The molecule has 4 aromatic rings. The molecule has 8 nitrogen and oxygen atoms in total. The van der Waals surface area contributed by atoms with Gasteiger partial charge in [0.15, 0.2) is 17.8 Å². The maximum atomic E-state index is 13.4. The van der Waals surface area contributed by atoms with E-state index in [0.717, 1.165) is 18.4 Å². The second kappa shape index (κ2) is 14.0. The number of carbonyl (C=O) groups excluding carboxylic acids is 2. The molecule has 0 N–H and O–H groups in total. The second-order valence-electron chi connectivity index (χ2n) is 10.1. The van der Waals surface area contributed by atoms with Gasteiger partial charge in [-0.3, -0.25) is 4.79 Å². The van der Waals surface area contributed by atoms with Crippen molar-refractivity contribution in [2.45, 2.75) is 52.2 Å². The van der Waals surface area contributed by atoms with Crippen molar-refractivity contribution in [2.75, 3.05) is 6.61 Å². The Morgan fingerprint density at radius 1 is 1.07 bits per heavy atom. The highest BCUT2D eigenvalue weighted by atomic mass is 19.3. The predicted octanol–water partition coefficient (Wildman–Crippen LogP) is 6.92. The number of ether oxygens (including phenoxy) is 4. The lowest BCUT2D eigenvalue weighted by molar-refractivity contribution is -0.0516. The van der Waals surface area contributed by atoms with Crippen LogP contribution in [0.4, 0.5) is 8.78 Å².